The monoisotopic (exact) mass is 276 g/mol. The quantitative estimate of drug-likeness (QED) is 0.918. The van der Waals surface area contributed by atoms with Crippen LogP contribution < -0.4 is 5.32 Å². The van der Waals surface area contributed by atoms with Crippen LogP contribution in [0.15, 0.2) is 6.20 Å². The van der Waals surface area contributed by atoms with Gasteiger partial charge in [-0.3, -0.25) is 14.8 Å². The number of hydrogen-bond acceptors (Lipinski definition) is 4. The summed E-state index contributed by atoms with van der Waals surface area (Å²) < 4.78 is 3.39. The Bertz CT molecular complexity index is 625. The average Bonchev–Trinajstić information content (AvgIpc) is 2.83. The summed E-state index contributed by atoms with van der Waals surface area (Å²) in [6.07, 6.45) is 1.59. The van der Waals surface area contributed by atoms with Crippen LogP contribution in [0.4, 0.5) is 5.95 Å². The van der Waals surface area contributed by atoms with Gasteiger partial charge in [-0.1, -0.05) is 13.8 Å². The smallest absolute Gasteiger partial charge is 0.261 e. The molecule has 1 N–H and O–H groups in total. The van der Waals surface area contributed by atoms with Gasteiger partial charge in [0.1, 0.15) is 5.82 Å². The second kappa shape index (κ2) is 5.44. The van der Waals surface area contributed by atoms with E-state index >= 15 is 0 Å². The van der Waals surface area contributed by atoms with Crippen molar-refractivity contribution in [3.05, 3.63) is 23.3 Å². The Morgan fingerprint density at radius 3 is 2.65 bits per heavy atom. The molecular weight excluding hydrogens is 256 g/mol. The topological polar surface area (TPSA) is 77.6 Å². The van der Waals surface area contributed by atoms with E-state index in [1.165, 1.54) is 0 Å². The predicted molar refractivity (Wildman–Crippen MR) is 75.5 cm³/mol. The van der Waals surface area contributed by atoms with E-state index in [0.717, 1.165) is 12.2 Å². The number of nitrogens with one attached hydrogen (secondary N) is 1. The highest BCUT2D eigenvalue weighted by molar-refractivity contribution is 6.04. The second-order valence-corrected chi connectivity index (χ2v) is 5.28. The second-order valence-electron chi connectivity index (χ2n) is 5.28. The van der Waals surface area contributed by atoms with Gasteiger partial charge >= 0.3 is 0 Å². The van der Waals surface area contributed by atoms with Gasteiger partial charge in [-0.15, -0.1) is 0 Å². The van der Waals surface area contributed by atoms with E-state index in [1.807, 2.05) is 11.6 Å². The van der Waals surface area contributed by atoms with Crippen LogP contribution in [0.5, 0.6) is 0 Å². The minimum Gasteiger partial charge on any atom is -0.290 e. The molecule has 0 atom stereocenters. The van der Waals surface area contributed by atoms with Gasteiger partial charge in [0, 0.05) is 19.3 Å². The molecule has 2 rings (SSSR count). The fourth-order valence-corrected chi connectivity index (χ4v) is 1.99. The summed E-state index contributed by atoms with van der Waals surface area (Å²) >= 11 is 0. The van der Waals surface area contributed by atoms with Gasteiger partial charge in [0.15, 0.2) is 0 Å². The van der Waals surface area contributed by atoms with Crippen LogP contribution >= 0.6 is 0 Å². The zero-order valence-electron chi connectivity index (χ0n) is 12.5. The maximum atomic E-state index is 12.2. The van der Waals surface area contributed by atoms with Crippen molar-refractivity contribution < 1.29 is 4.79 Å². The van der Waals surface area contributed by atoms with Gasteiger partial charge in [-0.05, 0) is 19.8 Å². The van der Waals surface area contributed by atoms with Gasteiger partial charge in [0.25, 0.3) is 5.91 Å². The number of carbonyl (C=O) groups excluding carboxylic acids is 1. The summed E-state index contributed by atoms with van der Waals surface area (Å²) in [6.45, 7) is 8.70. The van der Waals surface area contributed by atoms with Gasteiger partial charge in [-0.2, -0.15) is 15.2 Å². The molecule has 0 fully saturated rings. The maximum Gasteiger partial charge on any atom is 0.261 e. The number of nitrogens with zero attached hydrogens (tertiary/aromatic N) is 5. The maximum absolute atomic E-state index is 12.2. The summed E-state index contributed by atoms with van der Waals surface area (Å²) in [6, 6.07) is 0. The average molecular weight is 276 g/mol. The van der Waals surface area contributed by atoms with Crippen molar-refractivity contribution in [1.82, 2.24) is 24.5 Å². The number of aryl methyl sites for hydroxylation is 2. The molecule has 0 aromatic carbocycles. The fraction of sp³-hybridized carbons (Fsp3) is 0.538. The molecule has 2 heterocycles. The van der Waals surface area contributed by atoms with Gasteiger partial charge in [-0.25, -0.2) is 4.68 Å². The molecule has 2 aromatic heterocycles. The number of hydrogen-bond donors (Lipinski definition) is 1. The van der Waals surface area contributed by atoms with Crippen LogP contribution in [0.1, 0.15) is 35.7 Å². The first-order chi connectivity index (χ1) is 9.38. The summed E-state index contributed by atoms with van der Waals surface area (Å²) in [4.78, 5) is 16.4. The van der Waals surface area contributed by atoms with E-state index in [1.54, 1.807) is 24.9 Å². The van der Waals surface area contributed by atoms with Crippen LogP contribution in [-0.2, 0) is 13.6 Å². The SMILES string of the molecule is Cc1nc(NC(=O)c2cnn(CC(C)C)c2C)n(C)n1. The standard InChI is InChI=1S/C13H20N6O/c1-8(2)7-19-9(3)11(6-14-19)12(20)16-13-15-10(4)17-18(13)5/h6,8H,7H2,1-5H3,(H,15,16,17,20). The summed E-state index contributed by atoms with van der Waals surface area (Å²) in [7, 11) is 1.74. The Kier molecular flexibility index (Phi) is 3.87. The molecule has 0 radical (unpaired) electrons. The third kappa shape index (κ3) is 2.87. The Hall–Kier alpha value is -2.18. The number of carbonyl (C=O) groups is 1. The molecule has 0 bridgehead atoms. The highest BCUT2D eigenvalue weighted by atomic mass is 16.1. The molecule has 7 nitrogen and oxygen atoms in total. The van der Waals surface area contributed by atoms with Crippen LogP contribution in [0.3, 0.4) is 0 Å². The van der Waals surface area contributed by atoms with Crippen molar-refractivity contribution >= 4 is 11.9 Å². The predicted octanol–water partition coefficient (Wildman–Crippen LogP) is 1.54. The summed E-state index contributed by atoms with van der Waals surface area (Å²) in [5, 5.41) is 11.1. The van der Waals surface area contributed by atoms with Crippen LogP contribution in [0, 0.1) is 19.8 Å². The largest absolute Gasteiger partial charge is 0.290 e. The van der Waals surface area contributed by atoms with Crippen molar-refractivity contribution in [2.45, 2.75) is 34.2 Å². The Balaban J connectivity index is 2.17. The van der Waals surface area contributed by atoms with E-state index in [4.69, 9.17) is 0 Å². The van der Waals surface area contributed by atoms with E-state index in [9.17, 15) is 4.79 Å². The number of rotatable bonds is 4. The highest BCUT2D eigenvalue weighted by Gasteiger charge is 2.17. The molecule has 0 saturated heterocycles. The number of amides is 1. The first-order valence-electron chi connectivity index (χ1n) is 6.60. The van der Waals surface area contributed by atoms with Gasteiger partial charge in [0.2, 0.25) is 5.95 Å². The lowest BCUT2D eigenvalue weighted by atomic mass is 10.2. The summed E-state index contributed by atoms with van der Waals surface area (Å²) in [5.41, 5.74) is 1.42. The van der Waals surface area contributed by atoms with Crippen molar-refractivity contribution in [3.8, 4) is 0 Å². The van der Waals surface area contributed by atoms with Crippen molar-refractivity contribution in [3.63, 3.8) is 0 Å². The molecule has 108 valence electrons. The molecule has 0 aliphatic rings. The molecule has 2 aromatic rings. The Labute approximate surface area is 118 Å². The van der Waals surface area contributed by atoms with Crippen molar-refractivity contribution in [1.29, 1.82) is 0 Å². The van der Waals surface area contributed by atoms with Gasteiger partial charge in [0.05, 0.1) is 11.8 Å². The number of aromatic nitrogens is 5. The molecule has 0 aliphatic carbocycles. The zero-order valence-corrected chi connectivity index (χ0v) is 12.5. The number of anilines is 1. The highest BCUT2D eigenvalue weighted by Crippen LogP contribution is 2.12. The molecule has 0 unspecified atom stereocenters. The molecule has 0 aliphatic heterocycles. The molecule has 0 spiro atoms. The minimum atomic E-state index is -0.215. The van der Waals surface area contributed by atoms with Crippen molar-refractivity contribution in [2.75, 3.05) is 5.32 Å². The van der Waals surface area contributed by atoms with E-state index in [0.29, 0.717) is 23.3 Å². The molecule has 7 heteroatoms. The zero-order chi connectivity index (χ0) is 14.9. The van der Waals surface area contributed by atoms with E-state index in [2.05, 4.69) is 34.3 Å². The van der Waals surface area contributed by atoms with E-state index in [-0.39, 0.29) is 5.91 Å². The minimum absolute atomic E-state index is 0.215. The van der Waals surface area contributed by atoms with Crippen LogP contribution in [-0.4, -0.2) is 30.5 Å². The first kappa shape index (κ1) is 14.2. The first-order valence-corrected chi connectivity index (χ1v) is 6.60. The molecule has 20 heavy (non-hydrogen) atoms. The fourth-order valence-electron chi connectivity index (χ4n) is 1.99. The third-order valence-corrected chi connectivity index (χ3v) is 2.98. The van der Waals surface area contributed by atoms with Crippen LogP contribution in [0.25, 0.3) is 0 Å². The lowest BCUT2D eigenvalue weighted by molar-refractivity contribution is 0.102. The van der Waals surface area contributed by atoms with Crippen LogP contribution in [0.2, 0.25) is 0 Å². The summed E-state index contributed by atoms with van der Waals surface area (Å²) in [5.74, 6) is 1.32. The Morgan fingerprint density at radius 1 is 1.40 bits per heavy atom. The van der Waals surface area contributed by atoms with E-state index < -0.39 is 0 Å². The lowest BCUT2D eigenvalue weighted by Gasteiger charge is -2.08. The lowest BCUT2D eigenvalue weighted by Crippen LogP contribution is -2.16. The molecule has 0 saturated carbocycles. The van der Waals surface area contributed by atoms with Gasteiger partial charge < -0.3 is 0 Å². The Morgan fingerprint density at radius 2 is 2.10 bits per heavy atom. The molecule has 1 amide bonds. The molecular formula is C13H20N6O. The third-order valence-electron chi connectivity index (χ3n) is 2.98. The normalized spacial score (nSPS) is 11.1. The van der Waals surface area contributed by atoms with Crippen molar-refractivity contribution in [2.24, 2.45) is 13.0 Å².